The molecule has 1 aromatic rings. The van der Waals surface area contributed by atoms with E-state index in [1.54, 1.807) is 6.92 Å². The highest BCUT2D eigenvalue weighted by Crippen LogP contribution is 2.39. The van der Waals surface area contributed by atoms with Crippen LogP contribution in [0.15, 0.2) is 18.2 Å². The van der Waals surface area contributed by atoms with Crippen molar-refractivity contribution in [2.24, 2.45) is 0 Å². The standard InChI is InChI=1S/C14H20NO3S/c1-10-8-15(2,19(10,17)18)14-6-12-4-3-11(9-16)5-13(12)7-14/h3-5,10,14,16H,6-9H2,1-2H3/q+1/t10?,14-,15?/m0/s1. The maximum absolute atomic E-state index is 12.3. The number of benzene rings is 1. The van der Waals surface area contributed by atoms with Crippen LogP contribution in [0.3, 0.4) is 0 Å². The molecule has 0 saturated carbocycles. The zero-order valence-corrected chi connectivity index (χ0v) is 12.2. The van der Waals surface area contributed by atoms with Crippen molar-refractivity contribution in [1.82, 2.24) is 0 Å². The summed E-state index contributed by atoms with van der Waals surface area (Å²) in [6.45, 7) is 2.55. The molecule has 0 spiro atoms. The minimum Gasteiger partial charge on any atom is -0.392 e. The van der Waals surface area contributed by atoms with E-state index >= 15 is 0 Å². The van der Waals surface area contributed by atoms with Crippen molar-refractivity contribution in [2.75, 3.05) is 13.6 Å². The van der Waals surface area contributed by atoms with E-state index in [1.165, 1.54) is 11.1 Å². The van der Waals surface area contributed by atoms with Crippen LogP contribution >= 0.6 is 0 Å². The predicted octanol–water partition coefficient (Wildman–Crippen LogP) is 0.825. The topological polar surface area (TPSA) is 54.4 Å². The van der Waals surface area contributed by atoms with Gasteiger partial charge in [-0.2, -0.15) is 8.42 Å². The van der Waals surface area contributed by atoms with Crippen LogP contribution in [0.4, 0.5) is 0 Å². The Morgan fingerprint density at radius 2 is 2.00 bits per heavy atom. The fourth-order valence-electron chi connectivity index (χ4n) is 3.52. The van der Waals surface area contributed by atoms with Crippen LogP contribution in [-0.2, 0) is 29.5 Å². The number of hydrogen-bond donors (Lipinski definition) is 1. The fraction of sp³-hybridized carbons (Fsp3) is 0.571. The molecule has 19 heavy (non-hydrogen) atoms. The summed E-state index contributed by atoms with van der Waals surface area (Å²) in [7, 11) is -1.18. The Kier molecular flexibility index (Phi) is 2.78. The average molecular weight is 282 g/mol. The van der Waals surface area contributed by atoms with Gasteiger partial charge in [0.2, 0.25) is 0 Å². The summed E-state index contributed by atoms with van der Waals surface area (Å²) in [4.78, 5) is 0. The Morgan fingerprint density at radius 3 is 2.58 bits per heavy atom. The van der Waals surface area contributed by atoms with Crippen LogP contribution in [0.25, 0.3) is 0 Å². The second-order valence-electron chi connectivity index (χ2n) is 6.01. The molecule has 2 unspecified atom stereocenters. The Hall–Kier alpha value is -0.910. The lowest BCUT2D eigenvalue weighted by Crippen LogP contribution is -2.71. The number of sulfonamides is 1. The highest BCUT2D eigenvalue weighted by atomic mass is 32.2. The molecule has 0 bridgehead atoms. The highest BCUT2D eigenvalue weighted by Gasteiger charge is 2.59. The van der Waals surface area contributed by atoms with E-state index in [4.69, 9.17) is 5.11 Å². The van der Waals surface area contributed by atoms with E-state index in [1.807, 2.05) is 25.2 Å². The summed E-state index contributed by atoms with van der Waals surface area (Å²) < 4.78 is 24.7. The molecule has 3 rings (SSSR count). The number of aliphatic hydroxyl groups excluding tert-OH is 1. The average Bonchev–Trinajstić information content (AvgIpc) is 2.81. The molecule has 0 aromatic heterocycles. The van der Waals surface area contributed by atoms with Crippen LogP contribution in [-0.4, -0.2) is 42.3 Å². The molecule has 1 fully saturated rings. The van der Waals surface area contributed by atoms with Crippen LogP contribution < -0.4 is 0 Å². The van der Waals surface area contributed by atoms with Crippen molar-refractivity contribution in [3.05, 3.63) is 34.9 Å². The largest absolute Gasteiger partial charge is 0.392 e. The van der Waals surface area contributed by atoms with Crippen molar-refractivity contribution in [3.8, 4) is 0 Å². The second kappa shape index (κ2) is 4.04. The van der Waals surface area contributed by atoms with Gasteiger partial charge in [0.1, 0.15) is 12.6 Å². The van der Waals surface area contributed by atoms with Gasteiger partial charge in [-0.3, -0.25) is 0 Å². The second-order valence-corrected chi connectivity index (χ2v) is 8.67. The molecule has 3 atom stereocenters. The van der Waals surface area contributed by atoms with Gasteiger partial charge in [0.05, 0.1) is 13.7 Å². The minimum atomic E-state index is -3.03. The molecule has 1 aliphatic carbocycles. The number of hydrogen-bond acceptors (Lipinski definition) is 3. The third-order valence-electron chi connectivity index (χ3n) is 4.85. The summed E-state index contributed by atoms with van der Waals surface area (Å²) in [6.07, 6.45) is 1.62. The summed E-state index contributed by atoms with van der Waals surface area (Å²) in [5, 5.41) is 8.96. The van der Waals surface area contributed by atoms with Gasteiger partial charge in [0.15, 0.2) is 5.25 Å². The first-order valence-corrected chi connectivity index (χ1v) is 8.19. The maximum Gasteiger partial charge on any atom is 0.305 e. The van der Waals surface area contributed by atoms with Crippen LogP contribution in [0.2, 0.25) is 0 Å². The molecule has 4 nitrogen and oxygen atoms in total. The lowest BCUT2D eigenvalue weighted by molar-refractivity contribution is -0.830. The number of aliphatic hydroxyl groups is 1. The van der Waals surface area contributed by atoms with Crippen molar-refractivity contribution >= 4 is 10.0 Å². The monoisotopic (exact) mass is 282 g/mol. The van der Waals surface area contributed by atoms with E-state index in [-0.39, 0.29) is 21.8 Å². The number of likely N-dealkylation sites (N-methyl/N-ethyl adjacent to an activating group) is 1. The van der Waals surface area contributed by atoms with E-state index in [0.29, 0.717) is 6.54 Å². The maximum atomic E-state index is 12.3. The molecule has 1 aromatic carbocycles. The lowest BCUT2D eigenvalue weighted by Gasteiger charge is -2.48. The number of fused-ring (bicyclic) bond motifs is 1. The first-order chi connectivity index (χ1) is 8.88. The van der Waals surface area contributed by atoms with E-state index in [0.717, 1.165) is 18.4 Å². The molecule has 104 valence electrons. The van der Waals surface area contributed by atoms with E-state index in [9.17, 15) is 8.42 Å². The SMILES string of the molecule is CC1C[N+](C)([C@H]2Cc3ccc(CO)cc3C2)S1(=O)=O. The van der Waals surface area contributed by atoms with Crippen LogP contribution in [0.5, 0.6) is 0 Å². The Labute approximate surface area is 114 Å². The first kappa shape index (κ1) is 13.1. The summed E-state index contributed by atoms with van der Waals surface area (Å²) in [5.41, 5.74) is 3.34. The molecular weight excluding hydrogens is 262 g/mol. The summed E-state index contributed by atoms with van der Waals surface area (Å²) in [5.74, 6) is 0. The van der Waals surface area contributed by atoms with Crippen molar-refractivity contribution < 1.29 is 17.4 Å². The van der Waals surface area contributed by atoms with Gasteiger partial charge < -0.3 is 5.11 Å². The molecule has 0 amide bonds. The molecule has 0 radical (unpaired) electrons. The molecule has 1 heterocycles. The smallest absolute Gasteiger partial charge is 0.305 e. The van der Waals surface area contributed by atoms with Gasteiger partial charge in [-0.1, -0.05) is 18.2 Å². The Bertz CT molecular complexity index is 626. The van der Waals surface area contributed by atoms with Crippen LogP contribution in [0.1, 0.15) is 23.6 Å². The molecule has 1 N–H and O–H groups in total. The number of rotatable bonds is 2. The van der Waals surface area contributed by atoms with Crippen LogP contribution in [0, 0.1) is 0 Å². The quantitative estimate of drug-likeness (QED) is 0.817. The molecular formula is C14H20NO3S+. The highest BCUT2D eigenvalue weighted by molar-refractivity contribution is 7.87. The summed E-state index contributed by atoms with van der Waals surface area (Å²) in [6, 6.07) is 6.10. The molecule has 5 heteroatoms. The van der Waals surface area contributed by atoms with Crippen molar-refractivity contribution in [2.45, 2.75) is 37.7 Å². The zero-order chi connectivity index (χ0) is 13.8. The minimum absolute atomic E-state index is 0.0411. The van der Waals surface area contributed by atoms with Crippen molar-refractivity contribution in [3.63, 3.8) is 0 Å². The molecule has 1 aliphatic heterocycles. The Morgan fingerprint density at radius 1 is 1.32 bits per heavy atom. The van der Waals surface area contributed by atoms with Gasteiger partial charge in [-0.05, 0) is 23.6 Å². The van der Waals surface area contributed by atoms with Gasteiger partial charge >= 0.3 is 10.0 Å². The molecule has 1 saturated heterocycles. The number of quaternary nitrogens is 1. The van der Waals surface area contributed by atoms with Gasteiger partial charge in [0, 0.05) is 12.8 Å². The third kappa shape index (κ3) is 1.68. The fourth-order valence-corrected chi connectivity index (χ4v) is 5.58. The zero-order valence-electron chi connectivity index (χ0n) is 11.3. The normalized spacial score (nSPS) is 35.7. The molecule has 2 aliphatic rings. The lowest BCUT2D eigenvalue weighted by atomic mass is 10.1. The van der Waals surface area contributed by atoms with Crippen molar-refractivity contribution in [1.29, 1.82) is 0 Å². The third-order valence-corrected chi connectivity index (χ3v) is 7.62. The van der Waals surface area contributed by atoms with E-state index in [2.05, 4.69) is 0 Å². The predicted molar refractivity (Wildman–Crippen MR) is 73.0 cm³/mol. The van der Waals surface area contributed by atoms with Gasteiger partial charge in [-0.15, -0.1) is 0 Å². The summed E-state index contributed by atoms with van der Waals surface area (Å²) >= 11 is 0. The Balaban J connectivity index is 1.89. The first-order valence-electron chi connectivity index (χ1n) is 6.69. The van der Waals surface area contributed by atoms with Gasteiger partial charge in [-0.25, -0.2) is 3.89 Å². The van der Waals surface area contributed by atoms with E-state index < -0.39 is 10.0 Å². The van der Waals surface area contributed by atoms with Gasteiger partial charge in [0.25, 0.3) is 0 Å². The number of nitrogens with zero attached hydrogens (tertiary/aromatic N) is 1.